The second kappa shape index (κ2) is 7.09. The summed E-state index contributed by atoms with van der Waals surface area (Å²) in [5, 5.41) is 3.14. The Hall–Kier alpha value is -2.34. The smallest absolute Gasteiger partial charge is 0.348 e. The molecule has 0 saturated carbocycles. The van der Waals surface area contributed by atoms with Gasteiger partial charge < -0.3 is 15.8 Å². The second-order valence-electron chi connectivity index (χ2n) is 4.68. The van der Waals surface area contributed by atoms with Gasteiger partial charge in [0.1, 0.15) is 4.88 Å². The number of nitrogens with one attached hydrogen (secondary N) is 1. The molecule has 6 heteroatoms. The Labute approximate surface area is 133 Å². The number of hydrogen-bond acceptors (Lipinski definition) is 5. The van der Waals surface area contributed by atoms with E-state index in [0.717, 1.165) is 16.9 Å². The minimum atomic E-state index is -0.446. The van der Waals surface area contributed by atoms with E-state index in [1.807, 2.05) is 30.3 Å². The molecule has 1 amide bonds. The molecule has 0 spiro atoms. The van der Waals surface area contributed by atoms with E-state index in [1.54, 1.807) is 13.8 Å². The lowest BCUT2D eigenvalue weighted by Crippen LogP contribution is -2.24. The van der Waals surface area contributed by atoms with Crippen LogP contribution >= 0.6 is 11.3 Å². The number of esters is 1. The molecular formula is C16H18N2O3S. The second-order valence-corrected chi connectivity index (χ2v) is 5.74. The lowest BCUT2D eigenvalue weighted by molar-refractivity contribution is 0.0531. The first-order valence-electron chi connectivity index (χ1n) is 6.92. The van der Waals surface area contributed by atoms with Gasteiger partial charge in [-0.15, -0.1) is 11.3 Å². The van der Waals surface area contributed by atoms with Gasteiger partial charge in [0.15, 0.2) is 0 Å². The molecule has 0 saturated heterocycles. The summed E-state index contributed by atoms with van der Waals surface area (Å²) in [6.07, 6.45) is 0. The fourth-order valence-electron chi connectivity index (χ4n) is 2.08. The number of thiophene rings is 1. The Bertz CT molecular complexity index is 680. The van der Waals surface area contributed by atoms with Crippen LogP contribution in [0.5, 0.6) is 0 Å². The maximum absolute atomic E-state index is 12.3. The summed E-state index contributed by atoms with van der Waals surface area (Å²) in [5.41, 5.74) is 7.80. The van der Waals surface area contributed by atoms with Crippen LogP contribution in [0, 0.1) is 6.92 Å². The zero-order chi connectivity index (χ0) is 16.1. The molecule has 0 radical (unpaired) electrons. The van der Waals surface area contributed by atoms with Crippen LogP contribution in [-0.2, 0) is 11.3 Å². The van der Waals surface area contributed by atoms with E-state index in [0.29, 0.717) is 27.5 Å². The number of carbonyl (C=O) groups excluding carboxylic acids is 2. The maximum atomic E-state index is 12.3. The van der Waals surface area contributed by atoms with Crippen LogP contribution in [0.25, 0.3) is 0 Å². The number of anilines is 1. The number of amides is 1. The van der Waals surface area contributed by atoms with Gasteiger partial charge in [0.05, 0.1) is 17.2 Å². The highest BCUT2D eigenvalue weighted by Gasteiger charge is 2.23. The Morgan fingerprint density at radius 2 is 1.95 bits per heavy atom. The first-order valence-corrected chi connectivity index (χ1v) is 7.74. The van der Waals surface area contributed by atoms with Crippen LogP contribution in [0.2, 0.25) is 0 Å². The Kier molecular flexibility index (Phi) is 5.16. The summed E-state index contributed by atoms with van der Waals surface area (Å²) in [6, 6.07) is 9.58. The lowest BCUT2D eigenvalue weighted by atomic mass is 10.1. The van der Waals surface area contributed by atoms with Crippen molar-refractivity contribution in [2.24, 2.45) is 0 Å². The van der Waals surface area contributed by atoms with Gasteiger partial charge in [-0.25, -0.2) is 4.79 Å². The number of hydrogen-bond donors (Lipinski definition) is 2. The van der Waals surface area contributed by atoms with Crippen LogP contribution in [0.3, 0.4) is 0 Å². The van der Waals surface area contributed by atoms with E-state index in [4.69, 9.17) is 10.5 Å². The number of rotatable bonds is 5. The predicted octanol–water partition coefficient (Wildman–Crippen LogP) is 2.75. The van der Waals surface area contributed by atoms with E-state index in [1.165, 1.54) is 0 Å². The maximum Gasteiger partial charge on any atom is 0.348 e. The highest BCUT2D eigenvalue weighted by molar-refractivity contribution is 7.18. The van der Waals surface area contributed by atoms with Crippen molar-refractivity contribution in [2.45, 2.75) is 20.4 Å². The molecule has 2 aromatic rings. The van der Waals surface area contributed by atoms with Crippen molar-refractivity contribution in [1.82, 2.24) is 5.32 Å². The van der Waals surface area contributed by atoms with Gasteiger partial charge in [-0.3, -0.25) is 4.79 Å². The molecule has 5 nitrogen and oxygen atoms in total. The van der Waals surface area contributed by atoms with Gasteiger partial charge in [0.2, 0.25) is 0 Å². The molecule has 1 aromatic heterocycles. The van der Waals surface area contributed by atoms with Crippen molar-refractivity contribution in [3.8, 4) is 0 Å². The largest absolute Gasteiger partial charge is 0.462 e. The summed E-state index contributed by atoms with van der Waals surface area (Å²) < 4.78 is 4.97. The first kappa shape index (κ1) is 16.0. The molecule has 0 fully saturated rings. The SMILES string of the molecule is CCOC(=O)c1sc(N)c(C(=O)NCc2ccccc2)c1C. The fraction of sp³-hybridized carbons (Fsp3) is 0.250. The molecule has 3 N–H and O–H groups in total. The predicted molar refractivity (Wildman–Crippen MR) is 87.0 cm³/mol. The summed E-state index contributed by atoms with van der Waals surface area (Å²) >= 11 is 1.08. The van der Waals surface area contributed by atoms with E-state index >= 15 is 0 Å². The third kappa shape index (κ3) is 3.46. The molecule has 116 valence electrons. The van der Waals surface area contributed by atoms with E-state index in [-0.39, 0.29) is 12.5 Å². The third-order valence-electron chi connectivity index (χ3n) is 3.16. The van der Waals surface area contributed by atoms with Crippen LogP contribution in [0.15, 0.2) is 30.3 Å². The van der Waals surface area contributed by atoms with Gasteiger partial charge in [0.25, 0.3) is 5.91 Å². The number of carbonyl (C=O) groups is 2. The summed E-state index contributed by atoms with van der Waals surface area (Å²) in [6.45, 7) is 4.13. The summed E-state index contributed by atoms with van der Waals surface area (Å²) in [4.78, 5) is 24.5. The van der Waals surface area contributed by atoms with Crippen molar-refractivity contribution in [3.63, 3.8) is 0 Å². The van der Waals surface area contributed by atoms with Crippen molar-refractivity contribution < 1.29 is 14.3 Å². The molecule has 0 aliphatic rings. The van der Waals surface area contributed by atoms with Crippen LogP contribution in [-0.4, -0.2) is 18.5 Å². The highest BCUT2D eigenvalue weighted by Crippen LogP contribution is 2.31. The van der Waals surface area contributed by atoms with Crippen LogP contribution in [0.4, 0.5) is 5.00 Å². The fourth-order valence-corrected chi connectivity index (χ4v) is 3.04. The molecule has 0 unspecified atom stereocenters. The Balaban J connectivity index is 2.14. The molecular weight excluding hydrogens is 300 g/mol. The number of nitrogens with two attached hydrogens (primary N) is 1. The molecule has 22 heavy (non-hydrogen) atoms. The van der Waals surface area contributed by atoms with Crippen LogP contribution < -0.4 is 11.1 Å². The minimum absolute atomic E-state index is 0.283. The van der Waals surface area contributed by atoms with Gasteiger partial charge in [-0.05, 0) is 25.0 Å². The third-order valence-corrected chi connectivity index (χ3v) is 4.26. The van der Waals surface area contributed by atoms with E-state index in [9.17, 15) is 9.59 Å². The summed E-state index contributed by atoms with van der Waals surface area (Å²) in [7, 11) is 0. The average molecular weight is 318 g/mol. The van der Waals surface area contributed by atoms with Gasteiger partial charge in [-0.1, -0.05) is 30.3 Å². The van der Waals surface area contributed by atoms with Gasteiger partial charge in [0, 0.05) is 6.54 Å². The number of ether oxygens (including phenoxy) is 1. The van der Waals surface area contributed by atoms with Crippen molar-refractivity contribution >= 4 is 28.2 Å². The monoisotopic (exact) mass is 318 g/mol. The number of benzene rings is 1. The minimum Gasteiger partial charge on any atom is -0.462 e. The highest BCUT2D eigenvalue weighted by atomic mass is 32.1. The molecule has 1 aromatic carbocycles. The van der Waals surface area contributed by atoms with Crippen molar-refractivity contribution in [3.05, 3.63) is 51.9 Å². The Morgan fingerprint density at radius 1 is 1.27 bits per heavy atom. The van der Waals surface area contributed by atoms with Gasteiger partial charge >= 0.3 is 5.97 Å². The van der Waals surface area contributed by atoms with E-state index < -0.39 is 5.97 Å². The first-order chi connectivity index (χ1) is 10.5. The lowest BCUT2D eigenvalue weighted by Gasteiger charge is -2.06. The quantitative estimate of drug-likeness (QED) is 0.831. The molecule has 0 bridgehead atoms. The molecule has 0 aliphatic carbocycles. The Morgan fingerprint density at radius 3 is 2.59 bits per heavy atom. The standard InChI is InChI=1S/C16H18N2O3S/c1-3-21-16(20)13-10(2)12(14(17)22-13)15(19)18-9-11-7-5-4-6-8-11/h4-8H,3,9,17H2,1-2H3,(H,18,19). The number of nitrogen functional groups attached to an aromatic ring is 1. The van der Waals surface area contributed by atoms with Crippen molar-refractivity contribution in [1.29, 1.82) is 0 Å². The molecule has 0 aliphatic heterocycles. The average Bonchev–Trinajstić information content (AvgIpc) is 2.81. The topological polar surface area (TPSA) is 81.4 Å². The molecule has 2 rings (SSSR count). The normalized spacial score (nSPS) is 10.3. The van der Waals surface area contributed by atoms with Gasteiger partial charge in [-0.2, -0.15) is 0 Å². The van der Waals surface area contributed by atoms with Crippen LogP contribution in [0.1, 0.15) is 38.1 Å². The molecule has 1 heterocycles. The summed E-state index contributed by atoms with van der Waals surface area (Å²) in [5.74, 6) is -0.732. The zero-order valence-electron chi connectivity index (χ0n) is 12.5. The zero-order valence-corrected chi connectivity index (χ0v) is 13.3. The van der Waals surface area contributed by atoms with Crippen molar-refractivity contribution in [2.75, 3.05) is 12.3 Å². The molecule has 0 atom stereocenters. The van der Waals surface area contributed by atoms with E-state index in [2.05, 4.69) is 5.32 Å².